The van der Waals surface area contributed by atoms with Crippen molar-refractivity contribution in [3.05, 3.63) is 34.3 Å². The van der Waals surface area contributed by atoms with Crippen molar-refractivity contribution >= 4 is 11.6 Å². The number of aryl methyl sites for hydroxylation is 1. The normalized spacial score (nSPS) is 18.6. The lowest BCUT2D eigenvalue weighted by molar-refractivity contribution is 0.0630. The van der Waals surface area contributed by atoms with E-state index in [0.29, 0.717) is 12.3 Å². The molecular weight excluding hydrogens is 208 g/mol. The van der Waals surface area contributed by atoms with Crippen molar-refractivity contribution in [2.75, 3.05) is 0 Å². The van der Waals surface area contributed by atoms with Crippen molar-refractivity contribution in [2.24, 2.45) is 5.92 Å². The van der Waals surface area contributed by atoms with Crippen LogP contribution in [-0.2, 0) is 6.42 Å². The highest BCUT2D eigenvalue weighted by molar-refractivity contribution is 6.31. The Morgan fingerprint density at radius 1 is 1.47 bits per heavy atom. The van der Waals surface area contributed by atoms with Crippen molar-refractivity contribution in [2.45, 2.75) is 38.7 Å². The summed E-state index contributed by atoms with van der Waals surface area (Å²) in [5.74, 6) is 0.502. The van der Waals surface area contributed by atoms with Gasteiger partial charge in [0.15, 0.2) is 0 Å². The van der Waals surface area contributed by atoms with Crippen molar-refractivity contribution in [3.8, 4) is 0 Å². The molecule has 0 aliphatic heterocycles. The molecule has 1 atom stereocenters. The van der Waals surface area contributed by atoms with E-state index in [2.05, 4.69) is 6.07 Å². The number of hydrogen-bond acceptors (Lipinski definition) is 1. The molecule has 1 saturated carbocycles. The molecule has 0 saturated heterocycles. The van der Waals surface area contributed by atoms with E-state index in [1.54, 1.807) is 0 Å². The Bertz CT molecular complexity index is 344. The van der Waals surface area contributed by atoms with Gasteiger partial charge >= 0.3 is 0 Å². The fraction of sp³-hybridized carbons (Fsp3) is 0.538. The molecule has 15 heavy (non-hydrogen) atoms. The van der Waals surface area contributed by atoms with Gasteiger partial charge in [-0.05, 0) is 42.9 Å². The van der Waals surface area contributed by atoms with Crippen LogP contribution in [0.15, 0.2) is 18.2 Å². The summed E-state index contributed by atoms with van der Waals surface area (Å²) < 4.78 is 0. The topological polar surface area (TPSA) is 20.2 Å². The second kappa shape index (κ2) is 4.54. The number of hydrogen-bond donors (Lipinski definition) is 1. The molecule has 0 spiro atoms. The van der Waals surface area contributed by atoms with E-state index >= 15 is 0 Å². The Kier molecular flexibility index (Phi) is 3.32. The average molecular weight is 225 g/mol. The predicted molar refractivity (Wildman–Crippen MR) is 63.2 cm³/mol. The summed E-state index contributed by atoms with van der Waals surface area (Å²) >= 11 is 6.13. The van der Waals surface area contributed by atoms with Crippen LogP contribution in [0.5, 0.6) is 0 Å². The molecule has 1 aromatic rings. The molecule has 0 aromatic heterocycles. The maximum Gasteiger partial charge on any atom is 0.0609 e. The Hall–Kier alpha value is -0.530. The lowest BCUT2D eigenvalue weighted by atomic mass is 9.79. The van der Waals surface area contributed by atoms with Gasteiger partial charge in [-0.15, -0.1) is 0 Å². The minimum atomic E-state index is -0.209. The zero-order valence-electron chi connectivity index (χ0n) is 9.04. The second-order valence-electron chi connectivity index (χ2n) is 4.56. The third-order valence-electron chi connectivity index (χ3n) is 3.33. The molecule has 1 aliphatic rings. The van der Waals surface area contributed by atoms with Crippen LogP contribution in [0.3, 0.4) is 0 Å². The van der Waals surface area contributed by atoms with Crippen LogP contribution >= 0.6 is 11.6 Å². The highest BCUT2D eigenvalue weighted by Gasteiger charge is 2.25. The van der Waals surface area contributed by atoms with Crippen LogP contribution in [0.2, 0.25) is 5.02 Å². The monoisotopic (exact) mass is 224 g/mol. The van der Waals surface area contributed by atoms with Crippen LogP contribution in [0.25, 0.3) is 0 Å². The molecule has 0 heterocycles. The van der Waals surface area contributed by atoms with Gasteiger partial charge in [-0.3, -0.25) is 0 Å². The number of aliphatic hydroxyl groups excluding tert-OH is 1. The fourth-order valence-corrected chi connectivity index (χ4v) is 2.35. The van der Waals surface area contributed by atoms with E-state index in [-0.39, 0.29) is 6.10 Å². The second-order valence-corrected chi connectivity index (χ2v) is 4.96. The van der Waals surface area contributed by atoms with E-state index < -0.39 is 0 Å². The first-order valence-electron chi connectivity index (χ1n) is 5.60. The maximum absolute atomic E-state index is 9.96. The molecule has 82 valence electrons. The average Bonchev–Trinajstić information content (AvgIpc) is 2.07. The first kappa shape index (κ1) is 11.0. The van der Waals surface area contributed by atoms with Gasteiger partial charge in [0, 0.05) is 11.4 Å². The van der Waals surface area contributed by atoms with E-state index in [1.165, 1.54) is 24.8 Å². The minimum Gasteiger partial charge on any atom is -0.392 e. The fourth-order valence-electron chi connectivity index (χ4n) is 2.03. The van der Waals surface area contributed by atoms with Gasteiger partial charge in [0.05, 0.1) is 6.10 Å². The summed E-state index contributed by atoms with van der Waals surface area (Å²) in [7, 11) is 0. The molecule has 1 N–H and O–H groups in total. The summed E-state index contributed by atoms with van der Waals surface area (Å²) in [6.45, 7) is 2.03. The van der Waals surface area contributed by atoms with Gasteiger partial charge < -0.3 is 5.11 Å². The van der Waals surface area contributed by atoms with E-state index in [0.717, 1.165) is 10.6 Å². The van der Waals surface area contributed by atoms with Gasteiger partial charge in [0.1, 0.15) is 0 Å². The molecule has 0 bridgehead atoms. The molecule has 1 unspecified atom stereocenters. The van der Waals surface area contributed by atoms with Crippen molar-refractivity contribution in [1.29, 1.82) is 0 Å². The quantitative estimate of drug-likeness (QED) is 0.835. The van der Waals surface area contributed by atoms with Crippen molar-refractivity contribution in [1.82, 2.24) is 0 Å². The first-order valence-corrected chi connectivity index (χ1v) is 5.97. The van der Waals surface area contributed by atoms with Gasteiger partial charge in [-0.25, -0.2) is 0 Å². The largest absolute Gasteiger partial charge is 0.392 e. The Morgan fingerprint density at radius 2 is 2.20 bits per heavy atom. The molecular formula is C13H17ClO. The molecule has 2 heteroatoms. The maximum atomic E-state index is 9.96. The summed E-state index contributed by atoms with van der Waals surface area (Å²) in [6.07, 6.45) is 4.10. The summed E-state index contributed by atoms with van der Waals surface area (Å²) in [4.78, 5) is 0. The SMILES string of the molecule is Cc1ccc(CC(O)C2CCC2)c(Cl)c1. The van der Waals surface area contributed by atoms with Gasteiger partial charge in [0.2, 0.25) is 0 Å². The van der Waals surface area contributed by atoms with E-state index in [1.807, 2.05) is 19.1 Å². The van der Waals surface area contributed by atoms with Crippen LogP contribution in [-0.4, -0.2) is 11.2 Å². The van der Waals surface area contributed by atoms with Crippen molar-refractivity contribution in [3.63, 3.8) is 0 Å². The molecule has 0 amide bonds. The van der Waals surface area contributed by atoms with Crippen LogP contribution in [0.4, 0.5) is 0 Å². The minimum absolute atomic E-state index is 0.209. The first-order chi connectivity index (χ1) is 7.16. The van der Waals surface area contributed by atoms with Gasteiger partial charge in [-0.2, -0.15) is 0 Å². The molecule has 2 rings (SSSR count). The van der Waals surface area contributed by atoms with E-state index in [4.69, 9.17) is 11.6 Å². The Balaban J connectivity index is 2.03. The number of aliphatic hydroxyl groups is 1. The molecule has 0 radical (unpaired) electrons. The molecule has 1 aromatic carbocycles. The van der Waals surface area contributed by atoms with Gasteiger partial charge in [0.25, 0.3) is 0 Å². The van der Waals surface area contributed by atoms with Crippen molar-refractivity contribution < 1.29 is 5.11 Å². The Morgan fingerprint density at radius 3 is 2.73 bits per heavy atom. The third kappa shape index (κ3) is 2.53. The Labute approximate surface area is 96.1 Å². The summed E-state index contributed by atoms with van der Waals surface area (Å²) in [5, 5.41) is 10.7. The highest BCUT2D eigenvalue weighted by atomic mass is 35.5. The lowest BCUT2D eigenvalue weighted by Gasteiger charge is -2.30. The lowest BCUT2D eigenvalue weighted by Crippen LogP contribution is -2.28. The molecule has 1 fully saturated rings. The highest BCUT2D eigenvalue weighted by Crippen LogP contribution is 2.32. The van der Waals surface area contributed by atoms with Crippen LogP contribution in [0.1, 0.15) is 30.4 Å². The number of rotatable bonds is 3. The molecule has 1 nitrogen and oxygen atoms in total. The van der Waals surface area contributed by atoms with Gasteiger partial charge in [-0.1, -0.05) is 30.2 Å². The molecule has 1 aliphatic carbocycles. The predicted octanol–water partition coefficient (Wildman–Crippen LogP) is 3.35. The third-order valence-corrected chi connectivity index (χ3v) is 3.68. The van der Waals surface area contributed by atoms with E-state index in [9.17, 15) is 5.11 Å². The van der Waals surface area contributed by atoms with Crippen LogP contribution < -0.4 is 0 Å². The number of benzene rings is 1. The standard InChI is InChI=1S/C13H17ClO/c1-9-5-6-11(12(14)7-9)8-13(15)10-3-2-4-10/h5-7,10,13,15H,2-4,8H2,1H3. The zero-order valence-corrected chi connectivity index (χ0v) is 9.80. The smallest absolute Gasteiger partial charge is 0.0609 e. The number of halogens is 1. The summed E-state index contributed by atoms with van der Waals surface area (Å²) in [6, 6.07) is 6.04. The zero-order chi connectivity index (χ0) is 10.8. The summed E-state index contributed by atoms with van der Waals surface area (Å²) in [5.41, 5.74) is 2.24. The van der Waals surface area contributed by atoms with Crippen LogP contribution in [0, 0.1) is 12.8 Å².